The van der Waals surface area contributed by atoms with Gasteiger partial charge in [-0.1, -0.05) is 28.1 Å². The van der Waals surface area contributed by atoms with Gasteiger partial charge in [-0.15, -0.1) is 0 Å². The number of anilines is 1. The maximum Gasteiger partial charge on any atom is 0.256 e. The molecule has 1 aromatic rings. The molecule has 0 saturated carbocycles. The fourth-order valence-electron chi connectivity index (χ4n) is 5.80. The summed E-state index contributed by atoms with van der Waals surface area (Å²) in [4.78, 5) is 68.1. The number of allylic oxidation sites excluding steroid dienone is 2. The third kappa shape index (κ3) is 11.6. The monoisotopic (exact) mass is 787 g/mol. The van der Waals surface area contributed by atoms with E-state index in [9.17, 15) is 28.9 Å². The molecule has 0 bridgehead atoms. The number of carbonyl (C=O) groups excluding carboxylic acids is 3. The Kier molecular flexibility index (Phi) is 16.3. The van der Waals surface area contributed by atoms with Crippen molar-refractivity contribution in [3.8, 4) is 0 Å². The molecule has 3 amide bonds. The van der Waals surface area contributed by atoms with Gasteiger partial charge < -0.3 is 30.5 Å². The van der Waals surface area contributed by atoms with Gasteiger partial charge in [-0.25, -0.2) is 14.4 Å². The van der Waals surface area contributed by atoms with Crippen LogP contribution in [0.2, 0.25) is 0 Å². The highest BCUT2D eigenvalue weighted by molar-refractivity contribution is 9.10. The molecule has 0 aromatic heterocycles. The highest BCUT2D eigenvalue weighted by Gasteiger charge is 2.41. The predicted molar refractivity (Wildman–Crippen MR) is 203 cm³/mol. The zero-order valence-electron chi connectivity index (χ0n) is 30.1. The lowest BCUT2D eigenvalue weighted by atomic mass is 10.0. The minimum Gasteiger partial charge on any atom is -0.393 e. The van der Waals surface area contributed by atoms with Gasteiger partial charge in [0.1, 0.15) is 6.04 Å². The first-order valence-corrected chi connectivity index (χ1v) is 17.7. The number of nitrogens with zero attached hydrogens (tertiary/aromatic N) is 6. The molecule has 3 rings (SSSR count). The van der Waals surface area contributed by atoms with Crippen molar-refractivity contribution < 1.29 is 28.4 Å². The molecule has 282 valence electrons. The Hall–Kier alpha value is -4.77. The van der Waals surface area contributed by atoms with Gasteiger partial charge in [0, 0.05) is 78.3 Å². The SMILES string of the molecule is C=N/C(=N\C(=C/C)CNC(=O)[C@@H]1CC(Nc2c(C[N+](=O)[O-])cc(Br)cc2C(=O)N2CCO[C@H](C)C2)CN1C(=O)/C(=C/C)C/C=N\C=C\NC)C(C)F. The number of alkyl halides is 1. The van der Waals surface area contributed by atoms with E-state index in [4.69, 9.17) is 4.74 Å². The Labute approximate surface area is 311 Å². The van der Waals surface area contributed by atoms with Crippen LogP contribution < -0.4 is 16.0 Å². The molecular formula is C35H47BrFN9O6. The Morgan fingerprint density at radius 1 is 1.25 bits per heavy atom. The topological polar surface area (TPSA) is 183 Å². The van der Waals surface area contributed by atoms with Crippen LogP contribution in [-0.2, 0) is 20.9 Å². The number of nitro groups is 1. The van der Waals surface area contributed by atoms with E-state index in [1.165, 1.54) is 11.8 Å². The van der Waals surface area contributed by atoms with Crippen LogP contribution in [0.15, 0.2) is 67.4 Å². The van der Waals surface area contributed by atoms with Gasteiger partial charge in [-0.05, 0) is 53.0 Å². The molecule has 3 N–H and O–H groups in total. The van der Waals surface area contributed by atoms with Crippen LogP contribution >= 0.6 is 15.9 Å². The van der Waals surface area contributed by atoms with Crippen LogP contribution in [0, 0.1) is 10.1 Å². The van der Waals surface area contributed by atoms with Gasteiger partial charge in [0.15, 0.2) is 12.0 Å². The number of hydrogen-bond donors (Lipinski definition) is 3. The molecular weight excluding hydrogens is 741 g/mol. The van der Waals surface area contributed by atoms with Gasteiger partial charge in [-0.3, -0.25) is 29.5 Å². The quantitative estimate of drug-likeness (QED) is 0.0783. The van der Waals surface area contributed by atoms with Crippen LogP contribution in [0.25, 0.3) is 0 Å². The fourth-order valence-corrected chi connectivity index (χ4v) is 6.30. The standard InChI is InChI=1S/C35H47BrFN9O6/c1-7-24(9-10-40-12-11-38-5)34(48)45-21-28(17-30(45)33(47)41-18-27(8-2)43-32(39-6)23(4)37)42-31-25(20-46(50)51)15-26(36)16-29(31)35(49)44-13-14-52-22(3)19-44/h7-8,10-12,15-16,22-23,28,30,38,42H,6,9,13-14,17-21H2,1-5H3,(H,41,47)/b12-11+,24-7+,27-8-,40-10-,43-32-/t22-,23?,28?,30+/m1/s1. The second-order valence-electron chi connectivity index (χ2n) is 12.2. The zero-order valence-corrected chi connectivity index (χ0v) is 31.7. The zero-order chi connectivity index (χ0) is 38.4. The van der Waals surface area contributed by atoms with E-state index in [1.807, 2.05) is 6.92 Å². The van der Waals surface area contributed by atoms with Crippen molar-refractivity contribution in [3.63, 3.8) is 0 Å². The molecule has 2 saturated heterocycles. The maximum atomic E-state index is 14.0. The second kappa shape index (κ2) is 20.3. The minimum atomic E-state index is -1.48. The Bertz CT molecular complexity index is 1640. The smallest absolute Gasteiger partial charge is 0.256 e. The highest BCUT2D eigenvalue weighted by Crippen LogP contribution is 2.32. The van der Waals surface area contributed by atoms with E-state index < -0.39 is 41.5 Å². The van der Waals surface area contributed by atoms with E-state index in [0.717, 1.165) is 0 Å². The molecule has 1 aromatic carbocycles. The summed E-state index contributed by atoms with van der Waals surface area (Å²) >= 11 is 3.41. The van der Waals surface area contributed by atoms with E-state index >= 15 is 0 Å². The number of carbonyl (C=O) groups is 3. The van der Waals surface area contributed by atoms with Crippen molar-refractivity contribution in [1.29, 1.82) is 0 Å². The maximum absolute atomic E-state index is 14.0. The van der Waals surface area contributed by atoms with Crippen molar-refractivity contribution >= 4 is 58.1 Å². The Morgan fingerprint density at radius 2 is 2.00 bits per heavy atom. The molecule has 0 radical (unpaired) electrons. The average molecular weight is 789 g/mol. The third-order valence-corrected chi connectivity index (χ3v) is 8.83. The van der Waals surface area contributed by atoms with Crippen molar-refractivity contribution in [2.45, 2.75) is 71.4 Å². The van der Waals surface area contributed by atoms with Gasteiger partial charge >= 0.3 is 0 Å². The van der Waals surface area contributed by atoms with Crippen LogP contribution in [0.5, 0.6) is 0 Å². The van der Waals surface area contributed by atoms with Crippen molar-refractivity contribution in [2.75, 3.05) is 45.2 Å². The van der Waals surface area contributed by atoms with Crippen LogP contribution in [0.1, 0.15) is 56.5 Å². The number of hydrogen-bond acceptors (Lipinski definition) is 10. The van der Waals surface area contributed by atoms with Gasteiger partial charge in [0.25, 0.3) is 11.8 Å². The molecule has 4 atom stereocenters. The number of nitrogens with one attached hydrogen (secondary N) is 3. The van der Waals surface area contributed by atoms with Crippen molar-refractivity contribution in [1.82, 2.24) is 20.4 Å². The summed E-state index contributed by atoms with van der Waals surface area (Å²) < 4.78 is 20.0. The number of rotatable bonds is 15. The summed E-state index contributed by atoms with van der Waals surface area (Å²) in [5.74, 6) is -1.36. The van der Waals surface area contributed by atoms with Crippen molar-refractivity contribution in [3.05, 3.63) is 73.7 Å². The van der Waals surface area contributed by atoms with Gasteiger partial charge in [0.2, 0.25) is 12.5 Å². The number of ether oxygens (including phenoxy) is 1. The first kappa shape index (κ1) is 41.6. The number of halogens is 2. The molecule has 17 heteroatoms. The number of amidine groups is 1. The molecule has 52 heavy (non-hydrogen) atoms. The number of benzene rings is 1. The van der Waals surface area contributed by atoms with E-state index in [1.54, 1.807) is 68.7 Å². The Morgan fingerprint density at radius 3 is 2.62 bits per heavy atom. The Balaban J connectivity index is 1.99. The second-order valence-corrected chi connectivity index (χ2v) is 13.1. The normalized spacial score (nSPS) is 20.7. The largest absolute Gasteiger partial charge is 0.393 e. The molecule has 0 aliphatic carbocycles. The van der Waals surface area contributed by atoms with Crippen LogP contribution in [0.4, 0.5) is 10.1 Å². The first-order chi connectivity index (χ1) is 24.8. The minimum absolute atomic E-state index is 0.0414. The lowest BCUT2D eigenvalue weighted by Crippen LogP contribution is -2.46. The number of morpholine rings is 1. The average Bonchev–Trinajstić information content (AvgIpc) is 3.54. The lowest BCUT2D eigenvalue weighted by molar-refractivity contribution is -0.496. The summed E-state index contributed by atoms with van der Waals surface area (Å²) in [5, 5.41) is 20.7. The molecule has 15 nitrogen and oxygen atoms in total. The number of aliphatic imine (C=N–C) groups is 3. The molecule has 2 unspecified atom stereocenters. The lowest BCUT2D eigenvalue weighted by Gasteiger charge is -2.32. The molecule has 2 fully saturated rings. The summed E-state index contributed by atoms with van der Waals surface area (Å²) in [7, 11) is 1.73. The summed E-state index contributed by atoms with van der Waals surface area (Å²) in [6, 6.07) is 1.62. The fraction of sp³-hybridized carbons (Fsp3) is 0.486. The highest BCUT2D eigenvalue weighted by atomic mass is 79.9. The van der Waals surface area contributed by atoms with Crippen molar-refractivity contribution in [2.24, 2.45) is 15.0 Å². The van der Waals surface area contributed by atoms with E-state index in [-0.39, 0.29) is 60.6 Å². The van der Waals surface area contributed by atoms with Gasteiger partial charge in [0.05, 0.1) is 36.2 Å². The predicted octanol–water partition coefficient (Wildman–Crippen LogP) is 4.04. The first-order valence-electron chi connectivity index (χ1n) is 16.9. The van der Waals surface area contributed by atoms with Crippen LogP contribution in [-0.4, -0.2) is 115 Å². The molecule has 2 heterocycles. The molecule has 2 aliphatic heterocycles. The molecule has 0 spiro atoms. The van der Waals surface area contributed by atoms with Gasteiger partial charge in [-0.2, -0.15) is 0 Å². The third-order valence-electron chi connectivity index (χ3n) is 8.38. The van der Waals surface area contributed by atoms with Crippen LogP contribution in [0.3, 0.4) is 0 Å². The summed E-state index contributed by atoms with van der Waals surface area (Å²) in [6.07, 6.45) is 6.65. The van der Waals surface area contributed by atoms with E-state index in [0.29, 0.717) is 35.4 Å². The summed E-state index contributed by atoms with van der Waals surface area (Å²) in [5.41, 5.74) is 1.47. The summed E-state index contributed by atoms with van der Waals surface area (Å²) in [6.45, 7) is 10.3. The number of amides is 3. The van der Waals surface area contributed by atoms with E-state index in [2.05, 4.69) is 53.6 Å². The molecule has 2 aliphatic rings. The number of likely N-dealkylation sites (tertiary alicyclic amines) is 1.